The fraction of sp³-hybridized carbons (Fsp3) is 0.0556. The van der Waals surface area contributed by atoms with Crippen molar-refractivity contribution in [3.63, 3.8) is 0 Å². The Morgan fingerprint density at radius 3 is 2.52 bits per heavy atom. The van der Waals surface area contributed by atoms with Gasteiger partial charge in [-0.1, -0.05) is 41.4 Å². The smallest absolute Gasteiger partial charge is 0.266 e. The van der Waals surface area contributed by atoms with Gasteiger partial charge in [-0.25, -0.2) is 4.98 Å². The van der Waals surface area contributed by atoms with E-state index in [1.165, 1.54) is 12.4 Å². The number of ether oxygens (including phenoxy) is 1. The SMILES string of the molecule is Cc1ccc(-c2ncnc(Oc3ccc(C(=N)N)cc3Cl)c2O)cc1. The average molecular weight is 355 g/mol. The summed E-state index contributed by atoms with van der Waals surface area (Å²) >= 11 is 6.15. The molecule has 7 heteroatoms. The van der Waals surface area contributed by atoms with Gasteiger partial charge in [-0.2, -0.15) is 4.98 Å². The minimum Gasteiger partial charge on any atom is -0.502 e. The topological polar surface area (TPSA) is 105 Å². The summed E-state index contributed by atoms with van der Waals surface area (Å²) in [5.74, 6) is -0.00312. The van der Waals surface area contributed by atoms with Gasteiger partial charge in [0, 0.05) is 11.1 Å². The lowest BCUT2D eigenvalue weighted by Crippen LogP contribution is -2.10. The normalized spacial score (nSPS) is 10.5. The summed E-state index contributed by atoms with van der Waals surface area (Å²) in [7, 11) is 0. The van der Waals surface area contributed by atoms with E-state index in [4.69, 9.17) is 27.5 Å². The van der Waals surface area contributed by atoms with Gasteiger partial charge in [-0.3, -0.25) is 5.41 Å². The molecular formula is C18H15ClN4O2. The van der Waals surface area contributed by atoms with E-state index < -0.39 is 0 Å². The number of nitrogens with two attached hydrogens (primary N) is 1. The molecule has 4 N–H and O–H groups in total. The Morgan fingerprint density at radius 1 is 1.16 bits per heavy atom. The predicted octanol–water partition coefficient (Wildman–Crippen LogP) is 3.89. The average Bonchev–Trinajstić information content (AvgIpc) is 2.59. The van der Waals surface area contributed by atoms with Crippen molar-refractivity contribution in [2.45, 2.75) is 6.92 Å². The van der Waals surface area contributed by atoms with Gasteiger partial charge in [-0.05, 0) is 25.1 Å². The van der Waals surface area contributed by atoms with Crippen LogP contribution in [0, 0.1) is 12.3 Å². The maximum absolute atomic E-state index is 10.5. The van der Waals surface area contributed by atoms with E-state index in [1.807, 2.05) is 31.2 Å². The highest BCUT2D eigenvalue weighted by Crippen LogP contribution is 2.37. The monoisotopic (exact) mass is 354 g/mol. The number of benzene rings is 2. The number of aryl methyl sites for hydroxylation is 1. The molecule has 25 heavy (non-hydrogen) atoms. The molecule has 3 aromatic rings. The van der Waals surface area contributed by atoms with E-state index in [1.54, 1.807) is 12.1 Å². The molecule has 1 aromatic heterocycles. The summed E-state index contributed by atoms with van der Waals surface area (Å²) in [4.78, 5) is 8.09. The fourth-order valence-electron chi connectivity index (χ4n) is 2.22. The van der Waals surface area contributed by atoms with E-state index in [2.05, 4.69) is 9.97 Å². The Bertz CT molecular complexity index is 942. The highest BCUT2D eigenvalue weighted by Gasteiger charge is 2.15. The van der Waals surface area contributed by atoms with Gasteiger partial charge in [0.1, 0.15) is 23.6 Å². The summed E-state index contributed by atoms with van der Waals surface area (Å²) in [6.07, 6.45) is 1.31. The molecular weight excluding hydrogens is 340 g/mol. The molecule has 6 nitrogen and oxygen atoms in total. The largest absolute Gasteiger partial charge is 0.502 e. The first kappa shape index (κ1) is 16.7. The Labute approximate surface area is 149 Å². The van der Waals surface area contributed by atoms with Crippen LogP contribution in [0.5, 0.6) is 17.4 Å². The number of hydrogen-bond acceptors (Lipinski definition) is 5. The standard InChI is InChI=1S/C18H15ClN4O2/c1-10-2-4-11(5-3-10)15-16(24)18(23-9-22-15)25-14-7-6-12(17(20)21)8-13(14)19/h2-9,24H,1H3,(H3,20,21). The highest BCUT2D eigenvalue weighted by molar-refractivity contribution is 6.32. The molecule has 0 aliphatic heterocycles. The molecule has 0 saturated carbocycles. The third-order valence-electron chi connectivity index (χ3n) is 3.56. The molecule has 0 radical (unpaired) electrons. The van der Waals surface area contributed by atoms with Crippen LogP contribution in [0.15, 0.2) is 48.8 Å². The third kappa shape index (κ3) is 3.54. The number of nitrogens with one attached hydrogen (secondary N) is 1. The zero-order valence-electron chi connectivity index (χ0n) is 13.3. The minimum absolute atomic E-state index is 0.0111. The summed E-state index contributed by atoms with van der Waals surface area (Å²) in [5.41, 5.74) is 8.11. The molecule has 0 fully saturated rings. The van der Waals surface area contributed by atoms with Gasteiger partial charge in [0.2, 0.25) is 5.75 Å². The summed E-state index contributed by atoms with van der Waals surface area (Å²) < 4.78 is 5.62. The van der Waals surface area contributed by atoms with Crippen molar-refractivity contribution < 1.29 is 9.84 Å². The van der Waals surface area contributed by atoms with Crippen molar-refractivity contribution in [1.82, 2.24) is 9.97 Å². The second-order valence-electron chi connectivity index (χ2n) is 5.40. The van der Waals surface area contributed by atoms with Crippen molar-refractivity contribution in [3.8, 4) is 28.6 Å². The molecule has 2 aromatic carbocycles. The van der Waals surface area contributed by atoms with Crippen LogP contribution in [-0.4, -0.2) is 20.9 Å². The van der Waals surface area contributed by atoms with Gasteiger partial charge in [0.05, 0.1) is 5.02 Å². The molecule has 0 saturated heterocycles. The number of amidine groups is 1. The molecule has 0 bridgehead atoms. The number of halogens is 1. The van der Waals surface area contributed by atoms with Gasteiger partial charge >= 0.3 is 0 Å². The molecule has 0 amide bonds. The first-order valence-corrected chi connectivity index (χ1v) is 7.76. The zero-order chi connectivity index (χ0) is 18.0. The van der Waals surface area contributed by atoms with Crippen LogP contribution in [0.2, 0.25) is 5.02 Å². The number of aromatic nitrogens is 2. The van der Waals surface area contributed by atoms with Gasteiger partial charge in [-0.15, -0.1) is 0 Å². The van der Waals surface area contributed by atoms with Crippen molar-refractivity contribution in [3.05, 3.63) is 64.9 Å². The van der Waals surface area contributed by atoms with Gasteiger partial charge in [0.15, 0.2) is 0 Å². The number of hydrogen-bond donors (Lipinski definition) is 3. The molecule has 1 heterocycles. The maximum atomic E-state index is 10.5. The molecule has 0 unspecified atom stereocenters. The Hall–Kier alpha value is -3.12. The molecule has 3 rings (SSSR count). The summed E-state index contributed by atoms with van der Waals surface area (Å²) in [5, 5.41) is 18.1. The molecule has 0 spiro atoms. The Kier molecular flexibility index (Phi) is 4.54. The van der Waals surface area contributed by atoms with E-state index >= 15 is 0 Å². The quantitative estimate of drug-likeness (QED) is 0.487. The van der Waals surface area contributed by atoms with Crippen molar-refractivity contribution in [2.24, 2.45) is 5.73 Å². The van der Waals surface area contributed by atoms with E-state index in [0.29, 0.717) is 11.3 Å². The first-order chi connectivity index (χ1) is 12.0. The fourth-order valence-corrected chi connectivity index (χ4v) is 2.43. The predicted molar refractivity (Wildman–Crippen MR) is 96.4 cm³/mol. The van der Waals surface area contributed by atoms with Crippen LogP contribution in [0.3, 0.4) is 0 Å². The van der Waals surface area contributed by atoms with Gasteiger partial charge in [0.25, 0.3) is 5.88 Å². The van der Waals surface area contributed by atoms with Gasteiger partial charge < -0.3 is 15.6 Å². The second kappa shape index (κ2) is 6.78. The molecule has 0 aliphatic carbocycles. The van der Waals surface area contributed by atoms with Crippen molar-refractivity contribution in [2.75, 3.05) is 0 Å². The van der Waals surface area contributed by atoms with E-state index in [-0.39, 0.29) is 28.2 Å². The maximum Gasteiger partial charge on any atom is 0.266 e. The zero-order valence-corrected chi connectivity index (χ0v) is 14.1. The van der Waals surface area contributed by atoms with Crippen LogP contribution >= 0.6 is 11.6 Å². The summed E-state index contributed by atoms with van der Waals surface area (Å²) in [6, 6.07) is 12.2. The molecule has 126 valence electrons. The lowest BCUT2D eigenvalue weighted by molar-refractivity contribution is 0.396. The second-order valence-corrected chi connectivity index (χ2v) is 5.81. The van der Waals surface area contributed by atoms with Crippen LogP contribution in [0.25, 0.3) is 11.3 Å². The molecule has 0 atom stereocenters. The van der Waals surface area contributed by atoms with Crippen LogP contribution in [-0.2, 0) is 0 Å². The number of aromatic hydroxyl groups is 1. The third-order valence-corrected chi connectivity index (χ3v) is 3.86. The van der Waals surface area contributed by atoms with E-state index in [0.717, 1.165) is 11.1 Å². The van der Waals surface area contributed by atoms with Crippen LogP contribution in [0.1, 0.15) is 11.1 Å². The molecule has 0 aliphatic rings. The van der Waals surface area contributed by atoms with Crippen molar-refractivity contribution >= 4 is 17.4 Å². The number of nitrogens with zero attached hydrogens (tertiary/aromatic N) is 2. The van der Waals surface area contributed by atoms with Crippen LogP contribution in [0.4, 0.5) is 0 Å². The lowest BCUT2D eigenvalue weighted by atomic mass is 10.1. The summed E-state index contributed by atoms with van der Waals surface area (Å²) in [6.45, 7) is 1.98. The number of nitrogen functional groups attached to an aromatic ring is 1. The minimum atomic E-state index is -0.182. The Morgan fingerprint density at radius 2 is 1.88 bits per heavy atom. The van der Waals surface area contributed by atoms with Crippen molar-refractivity contribution in [1.29, 1.82) is 5.41 Å². The van der Waals surface area contributed by atoms with Crippen LogP contribution < -0.4 is 10.5 Å². The first-order valence-electron chi connectivity index (χ1n) is 7.38. The highest BCUT2D eigenvalue weighted by atomic mass is 35.5. The Balaban J connectivity index is 1.95. The van der Waals surface area contributed by atoms with E-state index in [9.17, 15) is 5.11 Å². The lowest BCUT2D eigenvalue weighted by Gasteiger charge is -2.11. The number of rotatable bonds is 4.